The first-order valence-corrected chi connectivity index (χ1v) is 7.04. The van der Waals surface area contributed by atoms with Gasteiger partial charge < -0.3 is 14.4 Å². The van der Waals surface area contributed by atoms with Crippen LogP contribution in [0.15, 0.2) is 0 Å². The maximum Gasteiger partial charge on any atom is 0.416 e. The van der Waals surface area contributed by atoms with Gasteiger partial charge in [0.15, 0.2) is 5.72 Å². The molecular formula is C13H16N2O5. The minimum absolute atomic E-state index is 0.0111. The zero-order valence-corrected chi connectivity index (χ0v) is 11.2. The van der Waals surface area contributed by atoms with Crippen molar-refractivity contribution >= 4 is 17.9 Å². The Morgan fingerprint density at radius 2 is 2.15 bits per heavy atom. The number of carbonyl (C=O) groups is 3. The molecule has 4 heterocycles. The van der Waals surface area contributed by atoms with E-state index in [1.54, 1.807) is 4.90 Å². The van der Waals surface area contributed by atoms with Crippen LogP contribution in [0.2, 0.25) is 0 Å². The molecular weight excluding hydrogens is 264 g/mol. The smallest absolute Gasteiger partial charge is 0.416 e. The van der Waals surface area contributed by atoms with Crippen LogP contribution in [0.4, 0.5) is 4.79 Å². The Kier molecular flexibility index (Phi) is 2.26. The molecule has 7 nitrogen and oxygen atoms in total. The molecule has 4 aliphatic heterocycles. The Morgan fingerprint density at radius 3 is 2.85 bits per heavy atom. The van der Waals surface area contributed by atoms with Crippen molar-refractivity contribution < 1.29 is 23.9 Å². The van der Waals surface area contributed by atoms with Crippen molar-refractivity contribution in [3.05, 3.63) is 0 Å². The lowest BCUT2D eigenvalue weighted by Gasteiger charge is -2.38. The van der Waals surface area contributed by atoms with Crippen molar-refractivity contribution in [2.75, 3.05) is 19.7 Å². The van der Waals surface area contributed by atoms with Crippen LogP contribution in [0.25, 0.3) is 0 Å². The summed E-state index contributed by atoms with van der Waals surface area (Å²) < 4.78 is 10.8. The number of hydrogen-bond acceptors (Lipinski definition) is 5. The van der Waals surface area contributed by atoms with Gasteiger partial charge in [0.25, 0.3) is 5.91 Å². The van der Waals surface area contributed by atoms with Gasteiger partial charge in [0.1, 0.15) is 12.7 Å². The first-order valence-electron chi connectivity index (χ1n) is 7.04. The SMILES string of the molecule is C[C@@H]1[C@@H](C(=O)N2CCOC2=O)[C@@]23CCCN2C(=O)[C@@H]1O3. The van der Waals surface area contributed by atoms with Gasteiger partial charge in [-0.05, 0) is 12.8 Å². The zero-order valence-electron chi connectivity index (χ0n) is 11.2. The number of fused-ring (bicyclic) bond motifs is 1. The van der Waals surface area contributed by atoms with E-state index in [1.807, 2.05) is 6.92 Å². The van der Waals surface area contributed by atoms with Crippen molar-refractivity contribution in [1.29, 1.82) is 0 Å². The molecule has 3 amide bonds. The molecule has 0 aromatic rings. The number of hydrogen-bond donors (Lipinski definition) is 0. The van der Waals surface area contributed by atoms with Crippen LogP contribution in [0.1, 0.15) is 19.8 Å². The Bertz CT molecular complexity index is 521. The minimum Gasteiger partial charge on any atom is -0.447 e. The monoisotopic (exact) mass is 280 g/mol. The molecule has 0 saturated carbocycles. The van der Waals surface area contributed by atoms with Gasteiger partial charge >= 0.3 is 6.09 Å². The molecule has 0 aromatic carbocycles. The number of piperidine rings is 1. The lowest BCUT2D eigenvalue weighted by molar-refractivity contribution is -0.151. The molecule has 1 spiro atoms. The van der Waals surface area contributed by atoms with Crippen molar-refractivity contribution in [1.82, 2.24) is 9.80 Å². The van der Waals surface area contributed by atoms with Crippen molar-refractivity contribution in [2.45, 2.75) is 31.6 Å². The third-order valence-electron chi connectivity index (χ3n) is 5.00. The van der Waals surface area contributed by atoms with Gasteiger partial charge in [0.2, 0.25) is 5.91 Å². The minimum atomic E-state index is -0.818. The van der Waals surface area contributed by atoms with Crippen LogP contribution in [-0.2, 0) is 19.1 Å². The number of carbonyl (C=O) groups excluding carboxylic acids is 3. The van der Waals surface area contributed by atoms with Gasteiger partial charge in [0.05, 0.1) is 12.5 Å². The van der Waals surface area contributed by atoms with E-state index in [1.165, 1.54) is 0 Å². The Balaban J connectivity index is 1.70. The van der Waals surface area contributed by atoms with Crippen LogP contribution in [0.3, 0.4) is 0 Å². The summed E-state index contributed by atoms with van der Waals surface area (Å²) in [6.07, 6.45) is 0.373. The van der Waals surface area contributed by atoms with Crippen LogP contribution in [-0.4, -0.2) is 59.2 Å². The summed E-state index contributed by atoms with van der Waals surface area (Å²) in [5.41, 5.74) is -0.818. The van der Waals surface area contributed by atoms with E-state index in [2.05, 4.69) is 0 Å². The van der Waals surface area contributed by atoms with E-state index in [0.717, 1.165) is 11.3 Å². The maximum atomic E-state index is 12.7. The highest BCUT2D eigenvalue weighted by molar-refractivity contribution is 5.97. The highest BCUT2D eigenvalue weighted by Gasteiger charge is 2.70. The summed E-state index contributed by atoms with van der Waals surface area (Å²) in [5, 5.41) is 0. The maximum absolute atomic E-state index is 12.7. The predicted octanol–water partition coefficient (Wildman–Crippen LogP) is -0.0514. The average molecular weight is 280 g/mol. The third kappa shape index (κ3) is 1.22. The summed E-state index contributed by atoms with van der Waals surface area (Å²) >= 11 is 0. The van der Waals surface area contributed by atoms with Crippen molar-refractivity contribution in [3.8, 4) is 0 Å². The largest absolute Gasteiger partial charge is 0.447 e. The number of nitrogens with zero attached hydrogens (tertiary/aromatic N) is 2. The number of rotatable bonds is 1. The number of imide groups is 1. The normalized spacial score (nSPS) is 42.4. The molecule has 4 aliphatic rings. The van der Waals surface area contributed by atoms with Gasteiger partial charge in [-0.25, -0.2) is 9.69 Å². The number of amides is 3. The van der Waals surface area contributed by atoms with Crippen molar-refractivity contribution in [2.24, 2.45) is 11.8 Å². The van der Waals surface area contributed by atoms with Gasteiger partial charge in [0, 0.05) is 12.5 Å². The molecule has 2 bridgehead atoms. The molecule has 108 valence electrons. The van der Waals surface area contributed by atoms with E-state index < -0.39 is 23.8 Å². The number of cyclic esters (lactones) is 1. The van der Waals surface area contributed by atoms with Crippen LogP contribution < -0.4 is 0 Å². The lowest BCUT2D eigenvalue weighted by atomic mass is 9.79. The topological polar surface area (TPSA) is 76.2 Å². The molecule has 20 heavy (non-hydrogen) atoms. The second-order valence-electron chi connectivity index (χ2n) is 5.92. The van der Waals surface area contributed by atoms with Crippen LogP contribution >= 0.6 is 0 Å². The average Bonchev–Trinajstić information content (AvgIpc) is 3.11. The molecule has 4 saturated heterocycles. The van der Waals surface area contributed by atoms with E-state index in [0.29, 0.717) is 13.0 Å². The Hall–Kier alpha value is -1.63. The van der Waals surface area contributed by atoms with Crippen LogP contribution in [0, 0.1) is 11.8 Å². The summed E-state index contributed by atoms with van der Waals surface area (Å²) in [5.74, 6) is -0.930. The standard InChI is InChI=1S/C13H16N2O5/c1-7-8(10(16)14-5-6-19-12(14)18)13-3-2-4-15(13)11(17)9(7)20-13/h7-9H,2-6H2,1H3/t7-,8+,9-,13+/m1/s1. The van der Waals surface area contributed by atoms with E-state index in [-0.39, 0.29) is 30.9 Å². The molecule has 0 aliphatic carbocycles. The fraction of sp³-hybridized carbons (Fsp3) is 0.769. The highest BCUT2D eigenvalue weighted by atomic mass is 16.6. The van der Waals surface area contributed by atoms with Gasteiger partial charge in [-0.15, -0.1) is 0 Å². The summed E-state index contributed by atoms with van der Waals surface area (Å²) in [7, 11) is 0. The molecule has 4 atom stereocenters. The Labute approximate surface area is 115 Å². The number of ether oxygens (including phenoxy) is 2. The summed E-state index contributed by atoms with van der Waals surface area (Å²) in [6.45, 7) is 3.02. The molecule has 0 radical (unpaired) electrons. The molecule has 4 fully saturated rings. The third-order valence-corrected chi connectivity index (χ3v) is 5.00. The van der Waals surface area contributed by atoms with Crippen molar-refractivity contribution in [3.63, 3.8) is 0 Å². The summed E-state index contributed by atoms with van der Waals surface area (Å²) in [4.78, 5) is 39.4. The second kappa shape index (κ2) is 3.72. The Morgan fingerprint density at radius 1 is 1.35 bits per heavy atom. The molecule has 0 unspecified atom stereocenters. The van der Waals surface area contributed by atoms with E-state index in [4.69, 9.17) is 9.47 Å². The molecule has 0 aromatic heterocycles. The zero-order chi connectivity index (χ0) is 14.1. The van der Waals surface area contributed by atoms with Gasteiger partial charge in [-0.2, -0.15) is 0 Å². The quantitative estimate of drug-likeness (QED) is 0.673. The molecule has 4 rings (SSSR count). The molecule has 0 N–H and O–H groups in total. The van der Waals surface area contributed by atoms with Gasteiger partial charge in [-0.3, -0.25) is 9.59 Å². The predicted molar refractivity (Wildman–Crippen MR) is 64.3 cm³/mol. The second-order valence-corrected chi connectivity index (χ2v) is 5.92. The lowest BCUT2D eigenvalue weighted by Crippen LogP contribution is -2.57. The highest BCUT2D eigenvalue weighted by Crippen LogP contribution is 2.55. The fourth-order valence-corrected chi connectivity index (χ4v) is 4.15. The van der Waals surface area contributed by atoms with E-state index >= 15 is 0 Å². The first-order chi connectivity index (χ1) is 9.56. The molecule has 7 heteroatoms. The van der Waals surface area contributed by atoms with Crippen LogP contribution in [0.5, 0.6) is 0 Å². The first kappa shape index (κ1) is 12.1. The van der Waals surface area contributed by atoms with E-state index in [9.17, 15) is 14.4 Å². The fourth-order valence-electron chi connectivity index (χ4n) is 4.15. The summed E-state index contributed by atoms with van der Waals surface area (Å²) in [6, 6.07) is 0. The van der Waals surface area contributed by atoms with Gasteiger partial charge in [-0.1, -0.05) is 6.92 Å².